The maximum atomic E-state index is 6.26. The van der Waals surface area contributed by atoms with Gasteiger partial charge in [0.15, 0.2) is 0 Å². The minimum Gasteiger partial charge on any atom is -0.484 e. The standard InChI is InChI=1S/C18H25NOS/c1-5-16(19)17(13-9-10-21-12-13)20-15-8-6-7-14(11-15)18(2,3)4/h6-12,16-17H,5,19H2,1-4H3. The van der Waals surface area contributed by atoms with E-state index in [0.717, 1.165) is 17.7 Å². The van der Waals surface area contributed by atoms with Crippen molar-refractivity contribution >= 4 is 11.3 Å². The zero-order chi connectivity index (χ0) is 15.5. The molecule has 0 aliphatic carbocycles. The molecule has 2 unspecified atom stereocenters. The van der Waals surface area contributed by atoms with E-state index in [4.69, 9.17) is 10.5 Å². The lowest BCUT2D eigenvalue weighted by Crippen LogP contribution is -2.31. The van der Waals surface area contributed by atoms with Crippen LogP contribution in [-0.2, 0) is 5.41 Å². The Hall–Kier alpha value is -1.32. The summed E-state index contributed by atoms with van der Waals surface area (Å²) in [4.78, 5) is 0. The fraction of sp³-hybridized carbons (Fsp3) is 0.444. The van der Waals surface area contributed by atoms with Crippen molar-refractivity contribution in [3.8, 4) is 5.75 Å². The molecule has 1 aromatic carbocycles. The second kappa shape index (κ2) is 6.63. The molecule has 114 valence electrons. The van der Waals surface area contributed by atoms with Gasteiger partial charge in [0.05, 0.1) is 0 Å². The van der Waals surface area contributed by atoms with Crippen LogP contribution >= 0.6 is 11.3 Å². The van der Waals surface area contributed by atoms with Crippen molar-refractivity contribution in [2.24, 2.45) is 5.73 Å². The molecule has 3 heteroatoms. The molecule has 1 heterocycles. The second-order valence-electron chi connectivity index (χ2n) is 6.45. The highest BCUT2D eigenvalue weighted by atomic mass is 32.1. The van der Waals surface area contributed by atoms with Crippen molar-refractivity contribution in [3.05, 3.63) is 52.2 Å². The number of nitrogens with two attached hydrogens (primary N) is 1. The van der Waals surface area contributed by atoms with E-state index in [1.165, 1.54) is 5.56 Å². The number of hydrogen-bond acceptors (Lipinski definition) is 3. The molecule has 0 spiro atoms. The van der Waals surface area contributed by atoms with Gasteiger partial charge in [0, 0.05) is 11.6 Å². The highest BCUT2D eigenvalue weighted by molar-refractivity contribution is 7.07. The molecule has 0 amide bonds. The maximum Gasteiger partial charge on any atom is 0.140 e. The minimum absolute atomic E-state index is 0.00195. The van der Waals surface area contributed by atoms with E-state index in [-0.39, 0.29) is 17.6 Å². The highest BCUT2D eigenvalue weighted by Crippen LogP contribution is 2.30. The SMILES string of the molecule is CCC(N)C(Oc1cccc(C(C)(C)C)c1)c1ccsc1. The van der Waals surface area contributed by atoms with Crippen molar-refractivity contribution in [2.45, 2.75) is 51.7 Å². The Morgan fingerprint density at radius 2 is 2.00 bits per heavy atom. The third-order valence-corrected chi connectivity index (χ3v) is 4.40. The van der Waals surface area contributed by atoms with E-state index in [9.17, 15) is 0 Å². The van der Waals surface area contributed by atoms with E-state index in [1.54, 1.807) is 11.3 Å². The summed E-state index contributed by atoms with van der Waals surface area (Å²) < 4.78 is 6.23. The zero-order valence-electron chi connectivity index (χ0n) is 13.3. The summed E-state index contributed by atoms with van der Waals surface area (Å²) in [5.41, 5.74) is 8.81. The summed E-state index contributed by atoms with van der Waals surface area (Å²) in [6, 6.07) is 10.4. The quantitative estimate of drug-likeness (QED) is 0.852. The number of benzene rings is 1. The van der Waals surface area contributed by atoms with Crippen molar-refractivity contribution < 1.29 is 4.74 Å². The summed E-state index contributed by atoms with van der Waals surface area (Å²) in [6.07, 6.45) is 0.802. The first-order valence-corrected chi connectivity index (χ1v) is 8.41. The van der Waals surface area contributed by atoms with E-state index < -0.39 is 0 Å². The predicted octanol–water partition coefficient (Wildman–Crippen LogP) is 4.90. The van der Waals surface area contributed by atoms with Gasteiger partial charge in [-0.15, -0.1) is 0 Å². The fourth-order valence-electron chi connectivity index (χ4n) is 2.24. The van der Waals surface area contributed by atoms with Crippen LogP contribution in [0, 0.1) is 0 Å². The lowest BCUT2D eigenvalue weighted by Gasteiger charge is -2.25. The summed E-state index contributed by atoms with van der Waals surface area (Å²) in [7, 11) is 0. The van der Waals surface area contributed by atoms with Gasteiger partial charge in [-0.05, 0) is 46.4 Å². The van der Waals surface area contributed by atoms with Gasteiger partial charge in [0.1, 0.15) is 11.9 Å². The van der Waals surface area contributed by atoms with Crippen molar-refractivity contribution in [1.82, 2.24) is 0 Å². The van der Waals surface area contributed by atoms with Crippen LogP contribution in [0.1, 0.15) is 51.3 Å². The maximum absolute atomic E-state index is 6.26. The molecule has 0 saturated heterocycles. The van der Waals surface area contributed by atoms with Crippen molar-refractivity contribution in [2.75, 3.05) is 0 Å². The first-order chi connectivity index (χ1) is 9.91. The molecule has 0 radical (unpaired) electrons. The van der Waals surface area contributed by atoms with Gasteiger partial charge < -0.3 is 10.5 Å². The number of rotatable bonds is 5. The molecule has 0 saturated carbocycles. The number of hydrogen-bond donors (Lipinski definition) is 1. The second-order valence-corrected chi connectivity index (χ2v) is 7.23. The van der Waals surface area contributed by atoms with Crippen molar-refractivity contribution in [3.63, 3.8) is 0 Å². The minimum atomic E-state index is -0.0866. The molecule has 2 rings (SSSR count). The third kappa shape index (κ3) is 4.08. The van der Waals surface area contributed by atoms with Gasteiger partial charge in [-0.25, -0.2) is 0 Å². The van der Waals surface area contributed by atoms with Crippen LogP contribution in [0.2, 0.25) is 0 Å². The lowest BCUT2D eigenvalue weighted by atomic mass is 9.87. The average Bonchev–Trinajstić information content (AvgIpc) is 2.97. The van der Waals surface area contributed by atoms with Crippen LogP contribution in [0.4, 0.5) is 0 Å². The van der Waals surface area contributed by atoms with E-state index in [0.29, 0.717) is 0 Å². The van der Waals surface area contributed by atoms with Gasteiger partial charge in [-0.2, -0.15) is 11.3 Å². The summed E-state index contributed by atoms with van der Waals surface area (Å²) in [5, 5.41) is 4.19. The van der Waals surface area contributed by atoms with Gasteiger partial charge in [0.25, 0.3) is 0 Å². The molecule has 1 aromatic heterocycles. The van der Waals surface area contributed by atoms with Gasteiger partial charge in [-0.3, -0.25) is 0 Å². The Balaban J connectivity index is 2.25. The van der Waals surface area contributed by atoms with Gasteiger partial charge in [-0.1, -0.05) is 39.8 Å². The average molecular weight is 303 g/mol. The molecule has 0 fully saturated rings. The Morgan fingerprint density at radius 3 is 2.57 bits per heavy atom. The van der Waals surface area contributed by atoms with E-state index in [2.05, 4.69) is 62.7 Å². The van der Waals surface area contributed by atoms with Gasteiger partial charge >= 0.3 is 0 Å². The van der Waals surface area contributed by atoms with Crippen LogP contribution in [0.5, 0.6) is 5.75 Å². The Morgan fingerprint density at radius 1 is 1.24 bits per heavy atom. The largest absolute Gasteiger partial charge is 0.484 e. The Bertz CT molecular complexity index is 557. The first kappa shape index (κ1) is 16.1. The lowest BCUT2D eigenvalue weighted by molar-refractivity contribution is 0.171. The molecule has 2 aromatic rings. The zero-order valence-corrected chi connectivity index (χ0v) is 14.1. The molecule has 2 nitrogen and oxygen atoms in total. The summed E-state index contributed by atoms with van der Waals surface area (Å²) in [6.45, 7) is 8.72. The molecular formula is C18H25NOS. The van der Waals surface area contributed by atoms with E-state index in [1.807, 2.05) is 6.07 Å². The molecular weight excluding hydrogens is 278 g/mol. The molecule has 2 N–H and O–H groups in total. The molecule has 21 heavy (non-hydrogen) atoms. The van der Waals surface area contributed by atoms with Crippen LogP contribution in [-0.4, -0.2) is 6.04 Å². The van der Waals surface area contributed by atoms with Crippen LogP contribution < -0.4 is 10.5 Å². The summed E-state index contributed by atoms with van der Waals surface area (Å²) in [5.74, 6) is 0.891. The van der Waals surface area contributed by atoms with Crippen LogP contribution in [0.3, 0.4) is 0 Å². The van der Waals surface area contributed by atoms with Crippen LogP contribution in [0.15, 0.2) is 41.1 Å². The normalized spacial score (nSPS) is 14.7. The number of ether oxygens (including phenoxy) is 1. The molecule has 0 bridgehead atoms. The van der Waals surface area contributed by atoms with Gasteiger partial charge in [0.2, 0.25) is 0 Å². The molecule has 0 aliphatic rings. The Kier molecular flexibility index (Phi) is 5.07. The number of thiophene rings is 1. The molecule has 0 aliphatic heterocycles. The smallest absolute Gasteiger partial charge is 0.140 e. The fourth-order valence-corrected chi connectivity index (χ4v) is 2.92. The summed E-state index contributed by atoms with van der Waals surface area (Å²) >= 11 is 1.68. The van der Waals surface area contributed by atoms with Crippen LogP contribution in [0.25, 0.3) is 0 Å². The highest BCUT2D eigenvalue weighted by Gasteiger charge is 2.22. The predicted molar refractivity (Wildman–Crippen MR) is 91.1 cm³/mol. The Labute approximate surface area is 132 Å². The topological polar surface area (TPSA) is 35.2 Å². The third-order valence-electron chi connectivity index (χ3n) is 3.70. The van der Waals surface area contributed by atoms with Crippen molar-refractivity contribution in [1.29, 1.82) is 0 Å². The molecule has 2 atom stereocenters. The first-order valence-electron chi connectivity index (χ1n) is 7.46. The van der Waals surface area contributed by atoms with E-state index >= 15 is 0 Å². The monoisotopic (exact) mass is 303 g/mol.